The Balaban J connectivity index is 1.55. The zero-order valence-electron chi connectivity index (χ0n) is 26.9. The molecule has 1 aliphatic rings. The SMILES string of the molecule is O=C(N[C@H]1C(OC(=Nc2ccccc2)C(F)(F)F)O[C@H](COCc2ccccc2)[C@H](OCc2ccccc2)[C@@H]1OCc1ccccc1)C(Cl)(Cl)Cl. The summed E-state index contributed by atoms with van der Waals surface area (Å²) in [7, 11) is 0. The number of carbonyl (C=O) groups excluding carboxylic acids is 1. The molecule has 1 aliphatic heterocycles. The Labute approximate surface area is 308 Å². The van der Waals surface area contributed by atoms with E-state index in [4.69, 9.17) is 58.5 Å². The molecule has 8 nitrogen and oxygen atoms in total. The minimum absolute atomic E-state index is 0.0359. The maximum absolute atomic E-state index is 14.5. The first-order chi connectivity index (χ1) is 24.5. The van der Waals surface area contributed by atoms with Crippen molar-refractivity contribution in [2.75, 3.05) is 6.61 Å². The standard InChI is InChI=1S/C37H34Cl3F3N2O6/c38-36(39,40)34(46)45-30-32(49-23-27-17-9-3-10-18-27)31(48-22-26-15-7-2-8-16-26)29(24-47-21-25-13-5-1-6-14-25)50-33(30)51-35(37(41,42)43)44-28-19-11-4-12-20-28/h1-20,29-33H,21-24H2,(H,45,46)/t29-,30-,31+,32-,33?/m1/s1. The average Bonchev–Trinajstić information content (AvgIpc) is 3.12. The van der Waals surface area contributed by atoms with Crippen LogP contribution in [-0.4, -0.2) is 59.0 Å². The third-order valence-electron chi connectivity index (χ3n) is 7.62. The highest BCUT2D eigenvalue weighted by atomic mass is 35.6. The second-order valence-electron chi connectivity index (χ2n) is 11.4. The van der Waals surface area contributed by atoms with Gasteiger partial charge in [0.2, 0.25) is 6.29 Å². The van der Waals surface area contributed by atoms with Crippen molar-refractivity contribution >= 4 is 52.3 Å². The van der Waals surface area contributed by atoms with E-state index >= 15 is 0 Å². The third-order valence-corrected chi connectivity index (χ3v) is 8.14. The molecule has 1 fully saturated rings. The summed E-state index contributed by atoms with van der Waals surface area (Å²) in [5, 5.41) is 2.49. The second kappa shape index (κ2) is 18.2. The lowest BCUT2D eigenvalue weighted by Crippen LogP contribution is -2.67. The minimum atomic E-state index is -5.08. The van der Waals surface area contributed by atoms with Gasteiger partial charge in [-0.2, -0.15) is 13.2 Å². The Kier molecular flexibility index (Phi) is 13.7. The summed E-state index contributed by atoms with van der Waals surface area (Å²) >= 11 is 17.8. The van der Waals surface area contributed by atoms with Gasteiger partial charge in [-0.05, 0) is 28.8 Å². The van der Waals surface area contributed by atoms with Crippen LogP contribution in [-0.2, 0) is 48.3 Å². The highest BCUT2D eigenvalue weighted by Crippen LogP contribution is 2.34. The van der Waals surface area contributed by atoms with Gasteiger partial charge in [0.25, 0.3) is 15.6 Å². The van der Waals surface area contributed by atoms with Crippen molar-refractivity contribution in [3.63, 3.8) is 0 Å². The molecule has 1 heterocycles. The van der Waals surface area contributed by atoms with E-state index < -0.39 is 52.4 Å². The van der Waals surface area contributed by atoms with E-state index in [1.807, 2.05) is 66.7 Å². The fourth-order valence-corrected chi connectivity index (χ4v) is 5.37. The number of nitrogens with one attached hydrogen (secondary N) is 1. The van der Waals surface area contributed by atoms with Crippen molar-refractivity contribution in [3.05, 3.63) is 138 Å². The van der Waals surface area contributed by atoms with Crippen LogP contribution in [0.15, 0.2) is 126 Å². The molecule has 5 atom stereocenters. The molecule has 5 rings (SSSR count). The Morgan fingerprint density at radius 1 is 0.706 bits per heavy atom. The molecule has 0 bridgehead atoms. The predicted octanol–water partition coefficient (Wildman–Crippen LogP) is 8.26. The summed E-state index contributed by atoms with van der Waals surface area (Å²) in [5.41, 5.74) is 2.33. The van der Waals surface area contributed by atoms with Gasteiger partial charge >= 0.3 is 6.18 Å². The number of para-hydroxylation sites is 1. The molecule has 0 saturated carbocycles. The zero-order chi connectivity index (χ0) is 36.3. The molecule has 0 radical (unpaired) electrons. The number of carbonyl (C=O) groups is 1. The maximum Gasteiger partial charge on any atom is 0.468 e. The average molecular weight is 766 g/mol. The maximum atomic E-state index is 14.5. The van der Waals surface area contributed by atoms with Gasteiger partial charge in [-0.25, -0.2) is 4.99 Å². The van der Waals surface area contributed by atoms with Crippen LogP contribution in [0.4, 0.5) is 18.9 Å². The molecule has 1 unspecified atom stereocenters. The molecule has 14 heteroatoms. The van der Waals surface area contributed by atoms with Crippen molar-refractivity contribution in [3.8, 4) is 0 Å². The monoisotopic (exact) mass is 764 g/mol. The molecule has 0 aliphatic carbocycles. The number of rotatable bonds is 13. The molecule has 0 spiro atoms. The van der Waals surface area contributed by atoms with E-state index in [0.717, 1.165) is 16.7 Å². The number of halogens is 6. The molecule has 1 saturated heterocycles. The van der Waals surface area contributed by atoms with Crippen LogP contribution in [0.25, 0.3) is 0 Å². The van der Waals surface area contributed by atoms with Gasteiger partial charge in [-0.1, -0.05) is 144 Å². The van der Waals surface area contributed by atoms with Crippen LogP contribution < -0.4 is 5.32 Å². The first-order valence-corrected chi connectivity index (χ1v) is 16.9. The van der Waals surface area contributed by atoms with E-state index in [-0.39, 0.29) is 32.1 Å². The predicted molar refractivity (Wildman–Crippen MR) is 188 cm³/mol. The van der Waals surface area contributed by atoms with E-state index in [1.54, 1.807) is 30.3 Å². The number of hydrogen-bond donors (Lipinski definition) is 1. The lowest BCUT2D eigenvalue weighted by atomic mass is 9.95. The first-order valence-electron chi connectivity index (χ1n) is 15.8. The molecule has 1 N–H and O–H groups in total. The fraction of sp³-hybridized carbons (Fsp3) is 0.297. The van der Waals surface area contributed by atoms with E-state index in [2.05, 4.69) is 10.3 Å². The number of amides is 1. The number of alkyl halides is 6. The number of aliphatic imine (C=N–C) groups is 1. The number of benzene rings is 4. The second-order valence-corrected chi connectivity index (χ2v) is 13.7. The number of ether oxygens (including phenoxy) is 5. The lowest BCUT2D eigenvalue weighted by molar-refractivity contribution is -0.277. The summed E-state index contributed by atoms with van der Waals surface area (Å²) in [4.78, 5) is 16.9. The summed E-state index contributed by atoms with van der Waals surface area (Å²) in [6, 6.07) is 33.4. The van der Waals surface area contributed by atoms with Gasteiger partial charge < -0.3 is 29.0 Å². The molecule has 0 aromatic heterocycles. The van der Waals surface area contributed by atoms with Crippen LogP contribution in [0.5, 0.6) is 0 Å². The van der Waals surface area contributed by atoms with E-state index in [9.17, 15) is 18.0 Å². The minimum Gasteiger partial charge on any atom is -0.442 e. The molecular formula is C37H34Cl3F3N2O6. The molecule has 270 valence electrons. The van der Waals surface area contributed by atoms with Crippen LogP contribution in [0, 0.1) is 0 Å². The van der Waals surface area contributed by atoms with Gasteiger partial charge in [0, 0.05) is 0 Å². The van der Waals surface area contributed by atoms with Crippen LogP contribution >= 0.6 is 34.8 Å². The summed E-state index contributed by atoms with van der Waals surface area (Å²) in [6.07, 6.45) is -10.3. The Hall–Kier alpha value is -3.68. The van der Waals surface area contributed by atoms with Gasteiger partial charge in [0.1, 0.15) is 24.4 Å². The lowest BCUT2D eigenvalue weighted by Gasteiger charge is -2.46. The molecule has 4 aromatic rings. The van der Waals surface area contributed by atoms with Crippen molar-refractivity contribution < 1.29 is 41.7 Å². The van der Waals surface area contributed by atoms with Gasteiger partial charge in [-0.15, -0.1) is 0 Å². The van der Waals surface area contributed by atoms with Crippen molar-refractivity contribution in [2.24, 2.45) is 4.99 Å². The molecule has 4 aromatic carbocycles. The highest BCUT2D eigenvalue weighted by Gasteiger charge is 2.53. The smallest absolute Gasteiger partial charge is 0.442 e. The van der Waals surface area contributed by atoms with E-state index in [0.29, 0.717) is 0 Å². The Morgan fingerprint density at radius 3 is 1.67 bits per heavy atom. The van der Waals surface area contributed by atoms with Gasteiger partial charge in [0.05, 0.1) is 32.1 Å². The normalized spacial score (nSPS) is 21.2. The summed E-state index contributed by atoms with van der Waals surface area (Å²) < 4.78 is 71.7. The van der Waals surface area contributed by atoms with Crippen LogP contribution in [0.2, 0.25) is 0 Å². The van der Waals surface area contributed by atoms with Crippen LogP contribution in [0.3, 0.4) is 0 Å². The summed E-state index contributed by atoms with van der Waals surface area (Å²) in [5.74, 6) is -2.79. The summed E-state index contributed by atoms with van der Waals surface area (Å²) in [6.45, 7) is 0.00607. The molecular weight excluding hydrogens is 732 g/mol. The van der Waals surface area contributed by atoms with Crippen molar-refractivity contribution in [1.82, 2.24) is 5.32 Å². The van der Waals surface area contributed by atoms with Crippen molar-refractivity contribution in [1.29, 1.82) is 0 Å². The van der Waals surface area contributed by atoms with Gasteiger partial charge in [0.15, 0.2) is 0 Å². The first kappa shape index (κ1) is 38.5. The quantitative estimate of drug-likeness (QED) is 0.0839. The van der Waals surface area contributed by atoms with Crippen molar-refractivity contribution in [2.45, 2.75) is 60.4 Å². The largest absolute Gasteiger partial charge is 0.468 e. The Bertz CT molecular complexity index is 1680. The van der Waals surface area contributed by atoms with Crippen LogP contribution in [0.1, 0.15) is 16.7 Å². The highest BCUT2D eigenvalue weighted by molar-refractivity contribution is 6.76. The number of nitrogens with zero attached hydrogens (tertiary/aromatic N) is 1. The number of hydrogen-bond acceptors (Lipinski definition) is 7. The van der Waals surface area contributed by atoms with E-state index in [1.165, 1.54) is 24.3 Å². The van der Waals surface area contributed by atoms with Gasteiger partial charge in [-0.3, -0.25) is 4.79 Å². The third kappa shape index (κ3) is 11.7. The zero-order valence-corrected chi connectivity index (χ0v) is 29.2. The Morgan fingerprint density at radius 2 is 1.18 bits per heavy atom. The molecule has 51 heavy (non-hydrogen) atoms. The topological polar surface area (TPSA) is 87.6 Å². The molecule has 1 amide bonds. The fourth-order valence-electron chi connectivity index (χ4n) is 5.21.